The molecule has 5 nitrogen and oxygen atoms in total. The fraction of sp³-hybridized carbons (Fsp3) is 0.310. The molecule has 178 valence electrons. The highest BCUT2D eigenvalue weighted by Crippen LogP contribution is 2.46. The minimum Gasteiger partial charge on any atom is -0.370 e. The van der Waals surface area contributed by atoms with Gasteiger partial charge in [0.15, 0.2) is 0 Å². The second kappa shape index (κ2) is 9.79. The summed E-state index contributed by atoms with van der Waals surface area (Å²) in [5, 5.41) is 11.5. The molecule has 0 atom stereocenters. The Labute approximate surface area is 204 Å². The molecule has 0 heterocycles. The van der Waals surface area contributed by atoms with Crippen molar-refractivity contribution in [2.45, 2.75) is 44.1 Å². The lowest BCUT2D eigenvalue weighted by molar-refractivity contribution is -0.119. The molecule has 2 aromatic rings. The van der Waals surface area contributed by atoms with Gasteiger partial charge in [-0.25, -0.2) is 0 Å². The van der Waals surface area contributed by atoms with Gasteiger partial charge in [0.1, 0.15) is 6.17 Å². The standard InChI is InChI=1S/C29H28FN3O2/c30-16-5-17-31-26(21-10-11-21)28(35)32-19-23-8-3-4-9-25(23)27(34)33-29(14-15-29)24-13-12-20-6-1-2-7-22(20)18-24/h1-2,6-9,12-13,18,31H,3-4,10-11,14-15,17,19H2,(H,32,35)(H,33,34). The zero-order chi connectivity index (χ0) is 24.3. The van der Waals surface area contributed by atoms with Gasteiger partial charge in [0.2, 0.25) is 0 Å². The third kappa shape index (κ3) is 5.14. The van der Waals surface area contributed by atoms with Crippen LogP contribution >= 0.6 is 0 Å². The van der Waals surface area contributed by atoms with Gasteiger partial charge < -0.3 is 16.0 Å². The summed E-state index contributed by atoms with van der Waals surface area (Å²) in [6, 6.07) is 14.6. The van der Waals surface area contributed by atoms with E-state index < -0.39 is 0 Å². The van der Waals surface area contributed by atoms with Crippen molar-refractivity contribution in [2.24, 2.45) is 0 Å². The largest absolute Gasteiger partial charge is 0.370 e. The molecule has 0 saturated heterocycles. The lowest BCUT2D eigenvalue weighted by Gasteiger charge is -2.22. The molecule has 0 bridgehead atoms. The molecule has 0 radical (unpaired) electrons. The predicted molar refractivity (Wildman–Crippen MR) is 135 cm³/mol. The van der Waals surface area contributed by atoms with Crippen LogP contribution in [0.2, 0.25) is 0 Å². The minimum atomic E-state index is -0.335. The van der Waals surface area contributed by atoms with E-state index in [1.54, 1.807) is 0 Å². The Hall–Kier alpha value is -3.85. The molecular formula is C29H28FN3O2. The van der Waals surface area contributed by atoms with Crippen LogP contribution in [0, 0.1) is 12.1 Å². The monoisotopic (exact) mass is 469 g/mol. The van der Waals surface area contributed by atoms with E-state index in [2.05, 4.69) is 52.2 Å². The molecule has 6 heteroatoms. The van der Waals surface area contributed by atoms with Gasteiger partial charge in [-0.2, -0.15) is 0 Å². The first-order valence-electron chi connectivity index (χ1n) is 12.1. The maximum absolute atomic E-state index is 13.4. The van der Waals surface area contributed by atoms with Gasteiger partial charge in [0.05, 0.1) is 17.8 Å². The fourth-order valence-corrected chi connectivity index (χ4v) is 4.62. The van der Waals surface area contributed by atoms with Crippen LogP contribution in [0.15, 0.2) is 77.0 Å². The molecule has 2 fully saturated rings. The van der Waals surface area contributed by atoms with E-state index in [0.29, 0.717) is 11.3 Å². The molecule has 3 N–H and O–H groups in total. The van der Waals surface area contributed by atoms with Crippen molar-refractivity contribution < 1.29 is 14.0 Å². The molecule has 0 aliphatic heterocycles. The smallest absolute Gasteiger partial charge is 0.267 e. The van der Waals surface area contributed by atoms with Gasteiger partial charge >= 0.3 is 0 Å². The molecule has 35 heavy (non-hydrogen) atoms. The van der Waals surface area contributed by atoms with Gasteiger partial charge in [-0.3, -0.25) is 9.59 Å². The first kappa shape index (κ1) is 22.9. The average molecular weight is 470 g/mol. The van der Waals surface area contributed by atoms with Gasteiger partial charge in [-0.15, -0.1) is 4.39 Å². The predicted octanol–water partition coefficient (Wildman–Crippen LogP) is 4.28. The number of rotatable bonds is 8. The van der Waals surface area contributed by atoms with Crippen LogP contribution < -0.4 is 16.0 Å². The molecule has 3 aliphatic carbocycles. The van der Waals surface area contributed by atoms with Crippen LogP contribution in [0.5, 0.6) is 0 Å². The zero-order valence-electron chi connectivity index (χ0n) is 19.5. The molecular weight excluding hydrogens is 441 g/mol. The summed E-state index contributed by atoms with van der Waals surface area (Å²) in [6.45, 7) is 0.337. The molecule has 5 rings (SSSR count). The first-order valence-corrected chi connectivity index (χ1v) is 12.1. The Kier molecular flexibility index (Phi) is 6.41. The second-order valence-electron chi connectivity index (χ2n) is 9.31. The number of fused-ring (bicyclic) bond motifs is 1. The van der Waals surface area contributed by atoms with Crippen molar-refractivity contribution in [3.05, 3.63) is 82.6 Å². The van der Waals surface area contributed by atoms with Crippen molar-refractivity contribution in [1.82, 2.24) is 16.0 Å². The number of halogens is 1. The molecule has 2 aromatic carbocycles. The summed E-state index contributed by atoms with van der Waals surface area (Å²) in [5.41, 5.74) is 3.72. The molecule has 3 aliphatic rings. The summed E-state index contributed by atoms with van der Waals surface area (Å²) in [4.78, 5) is 26.1. The normalized spacial score (nSPS) is 17.3. The van der Waals surface area contributed by atoms with E-state index in [9.17, 15) is 14.0 Å². The van der Waals surface area contributed by atoms with Gasteiger partial charge in [-0.1, -0.05) is 48.6 Å². The SMILES string of the molecule is O=C(NC1(c2ccc3ccccc3c2)CC1)C1=CCCC=C1CNC(=O)C(NCC#CF)=C1CC1. The molecule has 2 amide bonds. The Balaban J connectivity index is 1.25. The van der Waals surface area contributed by atoms with Crippen LogP contribution in [0.3, 0.4) is 0 Å². The van der Waals surface area contributed by atoms with E-state index >= 15 is 0 Å². The lowest BCUT2D eigenvalue weighted by Crippen LogP contribution is -2.38. The number of benzene rings is 2. The Morgan fingerprint density at radius 3 is 2.49 bits per heavy atom. The summed E-state index contributed by atoms with van der Waals surface area (Å²) in [6.07, 6.45) is 10.5. The molecule has 0 unspecified atom stereocenters. The number of allylic oxidation sites excluding steroid dienone is 3. The van der Waals surface area contributed by atoms with Gasteiger partial charge in [0.25, 0.3) is 11.8 Å². The maximum atomic E-state index is 13.4. The number of hydrogen-bond acceptors (Lipinski definition) is 3. The van der Waals surface area contributed by atoms with Gasteiger partial charge in [0, 0.05) is 12.1 Å². The average Bonchev–Trinajstić information content (AvgIpc) is 3.82. The minimum absolute atomic E-state index is 0.0792. The van der Waals surface area contributed by atoms with Crippen molar-refractivity contribution in [3.8, 4) is 12.1 Å². The van der Waals surface area contributed by atoms with Crippen molar-refractivity contribution in [1.29, 1.82) is 0 Å². The van der Waals surface area contributed by atoms with Crippen molar-refractivity contribution in [2.75, 3.05) is 13.1 Å². The number of amides is 2. The number of nitrogens with one attached hydrogen (secondary N) is 3. The maximum Gasteiger partial charge on any atom is 0.267 e. The van der Waals surface area contributed by atoms with Crippen molar-refractivity contribution in [3.63, 3.8) is 0 Å². The van der Waals surface area contributed by atoms with Crippen LogP contribution in [0.4, 0.5) is 4.39 Å². The van der Waals surface area contributed by atoms with Gasteiger partial charge in [-0.05, 0) is 78.0 Å². The third-order valence-corrected chi connectivity index (χ3v) is 6.84. The zero-order valence-corrected chi connectivity index (χ0v) is 19.5. The first-order chi connectivity index (χ1) is 17.1. The van der Waals surface area contributed by atoms with Crippen LogP contribution in [0.25, 0.3) is 10.8 Å². The Morgan fingerprint density at radius 1 is 0.971 bits per heavy atom. The number of hydrogen-bond donors (Lipinski definition) is 3. The second-order valence-corrected chi connectivity index (χ2v) is 9.31. The van der Waals surface area contributed by atoms with E-state index in [0.717, 1.165) is 60.6 Å². The van der Waals surface area contributed by atoms with Crippen molar-refractivity contribution >= 4 is 22.6 Å². The van der Waals surface area contributed by atoms with E-state index in [-0.39, 0.29) is 30.4 Å². The summed E-state index contributed by atoms with van der Waals surface area (Å²) in [5.74, 6) is 1.92. The highest BCUT2D eigenvalue weighted by atomic mass is 19.1. The van der Waals surface area contributed by atoms with Crippen LogP contribution in [-0.2, 0) is 15.1 Å². The summed E-state index contributed by atoms with van der Waals surface area (Å²) in [7, 11) is 0. The number of carbonyl (C=O) groups is 2. The lowest BCUT2D eigenvalue weighted by atomic mass is 9.95. The van der Waals surface area contributed by atoms with Crippen LogP contribution in [0.1, 0.15) is 44.1 Å². The van der Waals surface area contributed by atoms with E-state index in [1.807, 2.05) is 24.3 Å². The van der Waals surface area contributed by atoms with Crippen LogP contribution in [-0.4, -0.2) is 24.9 Å². The highest BCUT2D eigenvalue weighted by Gasteiger charge is 2.46. The summed E-state index contributed by atoms with van der Waals surface area (Å²) >= 11 is 0. The third-order valence-electron chi connectivity index (χ3n) is 6.84. The highest BCUT2D eigenvalue weighted by molar-refractivity contribution is 6.00. The van der Waals surface area contributed by atoms with E-state index in [4.69, 9.17) is 0 Å². The summed E-state index contributed by atoms with van der Waals surface area (Å²) < 4.78 is 12.1. The molecule has 0 spiro atoms. The van der Waals surface area contributed by atoms with E-state index in [1.165, 1.54) is 11.6 Å². The topological polar surface area (TPSA) is 70.2 Å². The Bertz CT molecular complexity index is 1330. The Morgan fingerprint density at radius 2 is 1.74 bits per heavy atom. The quantitative estimate of drug-likeness (QED) is 0.399. The molecule has 2 saturated carbocycles. The molecule has 0 aromatic heterocycles. The number of carbonyl (C=O) groups excluding carboxylic acids is 2. The fourth-order valence-electron chi connectivity index (χ4n) is 4.62.